The first kappa shape index (κ1) is 26.3. The van der Waals surface area contributed by atoms with Crippen LogP contribution < -0.4 is 0 Å². The summed E-state index contributed by atoms with van der Waals surface area (Å²) in [6, 6.07) is 0. The zero-order valence-corrected chi connectivity index (χ0v) is 16.1. The summed E-state index contributed by atoms with van der Waals surface area (Å²) in [6.45, 7) is 2.13. The molecule has 3 N–H and O–H groups in total. The van der Waals surface area contributed by atoms with Gasteiger partial charge in [0, 0.05) is 6.42 Å². The standard InChI is InChI=1S/C18H34O2.C2H6O3/c1-2-3-4-5-6-7-8-9-10-11-12-13-14-15-16-17-18(19)20;3-1-2-5-4/h9-10H,2-8,11-17H2,1H3,(H,19,20);3-4H,1-2H2/b10-9-;. The van der Waals surface area contributed by atoms with Gasteiger partial charge >= 0.3 is 5.97 Å². The monoisotopic (exact) mass is 360 g/mol. The van der Waals surface area contributed by atoms with Crippen LogP contribution in [-0.2, 0) is 9.68 Å². The van der Waals surface area contributed by atoms with Crippen LogP contribution in [0.5, 0.6) is 0 Å². The summed E-state index contributed by atoms with van der Waals surface area (Å²) in [7, 11) is 0. The average molecular weight is 361 g/mol. The lowest BCUT2D eigenvalue weighted by atomic mass is 10.1. The lowest BCUT2D eigenvalue weighted by Crippen LogP contribution is -1.93. The van der Waals surface area contributed by atoms with Gasteiger partial charge in [0.05, 0.1) is 6.61 Å². The van der Waals surface area contributed by atoms with Crippen molar-refractivity contribution in [3.8, 4) is 0 Å². The zero-order chi connectivity index (χ0) is 19.0. The van der Waals surface area contributed by atoms with Gasteiger partial charge in [0.15, 0.2) is 0 Å². The molecule has 0 aromatic rings. The number of carboxylic acids is 1. The van der Waals surface area contributed by atoms with Crippen LogP contribution in [0.4, 0.5) is 0 Å². The van der Waals surface area contributed by atoms with Crippen molar-refractivity contribution >= 4 is 5.97 Å². The van der Waals surface area contributed by atoms with Crippen molar-refractivity contribution in [2.24, 2.45) is 0 Å². The number of carbonyl (C=O) groups is 1. The molecule has 5 nitrogen and oxygen atoms in total. The van der Waals surface area contributed by atoms with Crippen molar-refractivity contribution in [3.05, 3.63) is 12.2 Å². The molecule has 0 bridgehead atoms. The molecule has 0 spiro atoms. The summed E-state index contributed by atoms with van der Waals surface area (Å²) in [6.07, 6.45) is 21.2. The van der Waals surface area contributed by atoms with E-state index in [-0.39, 0.29) is 13.2 Å². The van der Waals surface area contributed by atoms with E-state index in [1.807, 2.05) is 0 Å². The fraction of sp³-hybridized carbons (Fsp3) is 0.850. The van der Waals surface area contributed by atoms with Gasteiger partial charge in [-0.05, 0) is 32.1 Å². The predicted octanol–water partition coefficient (Wildman–Crippen LogP) is 5.58. The summed E-state index contributed by atoms with van der Waals surface area (Å²) in [5, 5.41) is 23.7. The van der Waals surface area contributed by atoms with E-state index in [4.69, 9.17) is 15.5 Å². The quantitative estimate of drug-likeness (QED) is 0.136. The number of allylic oxidation sites excluding steroid dienone is 2. The second-order valence-corrected chi connectivity index (χ2v) is 6.28. The second-order valence-electron chi connectivity index (χ2n) is 6.28. The summed E-state index contributed by atoms with van der Waals surface area (Å²) in [5.74, 6) is -0.664. The fourth-order valence-corrected chi connectivity index (χ4v) is 2.39. The van der Waals surface area contributed by atoms with Gasteiger partial charge in [-0.2, -0.15) is 0 Å². The minimum atomic E-state index is -0.664. The number of unbranched alkanes of at least 4 members (excludes halogenated alkanes) is 11. The maximum Gasteiger partial charge on any atom is 0.303 e. The molecule has 150 valence electrons. The number of rotatable bonds is 17. The van der Waals surface area contributed by atoms with E-state index in [0.717, 1.165) is 12.8 Å². The number of hydrogen-bond donors (Lipinski definition) is 3. The molecule has 0 aliphatic carbocycles. The molecule has 0 aromatic carbocycles. The highest BCUT2D eigenvalue weighted by Gasteiger charge is 1.95. The minimum absolute atomic E-state index is 0. The first-order valence-electron chi connectivity index (χ1n) is 9.93. The Bertz CT molecular complexity index is 277. The van der Waals surface area contributed by atoms with Gasteiger partial charge in [-0.1, -0.05) is 70.4 Å². The van der Waals surface area contributed by atoms with Crippen molar-refractivity contribution < 1.29 is 25.2 Å². The lowest BCUT2D eigenvalue weighted by Gasteiger charge is -1.99. The Morgan fingerprint density at radius 1 is 0.840 bits per heavy atom. The van der Waals surface area contributed by atoms with Crippen molar-refractivity contribution in [2.75, 3.05) is 13.2 Å². The van der Waals surface area contributed by atoms with E-state index < -0.39 is 5.97 Å². The van der Waals surface area contributed by atoms with Gasteiger partial charge in [-0.3, -0.25) is 10.1 Å². The van der Waals surface area contributed by atoms with Crippen LogP contribution in [0, 0.1) is 0 Å². The normalized spacial score (nSPS) is 10.7. The van der Waals surface area contributed by atoms with Gasteiger partial charge in [0.25, 0.3) is 0 Å². The lowest BCUT2D eigenvalue weighted by molar-refractivity contribution is -0.246. The topological polar surface area (TPSA) is 87.0 Å². The zero-order valence-electron chi connectivity index (χ0n) is 16.1. The van der Waals surface area contributed by atoms with Crippen LogP contribution in [0.2, 0.25) is 0 Å². The summed E-state index contributed by atoms with van der Waals surface area (Å²) in [5.41, 5.74) is 0. The molecular formula is C20H40O5. The minimum Gasteiger partial charge on any atom is -0.481 e. The predicted molar refractivity (Wildman–Crippen MR) is 103 cm³/mol. The fourth-order valence-electron chi connectivity index (χ4n) is 2.39. The number of hydrogen-bond acceptors (Lipinski definition) is 4. The smallest absolute Gasteiger partial charge is 0.303 e. The van der Waals surface area contributed by atoms with E-state index in [2.05, 4.69) is 24.0 Å². The summed E-state index contributed by atoms with van der Waals surface area (Å²) >= 11 is 0. The molecule has 0 fully saturated rings. The number of aliphatic hydroxyl groups excluding tert-OH is 1. The molecule has 0 aromatic heterocycles. The molecule has 0 amide bonds. The van der Waals surface area contributed by atoms with Gasteiger partial charge < -0.3 is 10.2 Å². The van der Waals surface area contributed by atoms with E-state index in [1.165, 1.54) is 70.6 Å². The molecule has 5 heteroatoms. The Balaban J connectivity index is 0. The highest BCUT2D eigenvalue weighted by Crippen LogP contribution is 2.09. The van der Waals surface area contributed by atoms with E-state index >= 15 is 0 Å². The first-order valence-corrected chi connectivity index (χ1v) is 9.93. The average Bonchev–Trinajstić information content (AvgIpc) is 2.59. The maximum absolute atomic E-state index is 10.3. The Morgan fingerprint density at radius 2 is 1.32 bits per heavy atom. The molecule has 0 radical (unpaired) electrons. The van der Waals surface area contributed by atoms with Gasteiger partial charge in [0.1, 0.15) is 6.61 Å². The van der Waals surface area contributed by atoms with Crippen LogP contribution >= 0.6 is 0 Å². The van der Waals surface area contributed by atoms with Crippen molar-refractivity contribution in [1.29, 1.82) is 0 Å². The highest BCUT2D eigenvalue weighted by atomic mass is 17.1. The summed E-state index contributed by atoms with van der Waals surface area (Å²) in [4.78, 5) is 13.8. The molecule has 0 atom stereocenters. The van der Waals surface area contributed by atoms with Crippen LogP contribution in [0.1, 0.15) is 96.8 Å². The van der Waals surface area contributed by atoms with Gasteiger partial charge in [-0.25, -0.2) is 4.89 Å². The summed E-state index contributed by atoms with van der Waals surface area (Å²) < 4.78 is 0. The molecule has 0 heterocycles. The molecule has 0 rings (SSSR count). The van der Waals surface area contributed by atoms with Crippen molar-refractivity contribution in [2.45, 2.75) is 96.8 Å². The van der Waals surface area contributed by atoms with Gasteiger partial charge in [0.2, 0.25) is 0 Å². The molecule has 25 heavy (non-hydrogen) atoms. The third kappa shape index (κ3) is 31.4. The van der Waals surface area contributed by atoms with Crippen molar-refractivity contribution in [3.63, 3.8) is 0 Å². The van der Waals surface area contributed by atoms with Crippen LogP contribution in [0.3, 0.4) is 0 Å². The molecular weight excluding hydrogens is 320 g/mol. The number of aliphatic hydroxyl groups is 1. The Morgan fingerprint density at radius 3 is 1.72 bits per heavy atom. The maximum atomic E-state index is 10.3. The third-order valence-corrected chi connectivity index (χ3v) is 3.84. The first-order chi connectivity index (χ1) is 12.2. The molecule has 0 aliphatic rings. The van der Waals surface area contributed by atoms with Crippen LogP contribution in [-0.4, -0.2) is 34.7 Å². The number of carboxylic acid groups (broad SMARTS) is 1. The Labute approximate surface area is 154 Å². The molecule has 0 saturated heterocycles. The molecule has 0 aliphatic heterocycles. The second kappa shape index (κ2) is 25.3. The highest BCUT2D eigenvalue weighted by molar-refractivity contribution is 5.66. The number of aliphatic carboxylic acids is 1. The van der Waals surface area contributed by atoms with E-state index in [9.17, 15) is 4.79 Å². The SMILES string of the molecule is CCCCCCCC/C=C\CCCCCCCC(=O)O.OCCOO. The van der Waals surface area contributed by atoms with Crippen LogP contribution in [0.15, 0.2) is 12.2 Å². The Kier molecular flexibility index (Phi) is 26.7. The third-order valence-electron chi connectivity index (χ3n) is 3.84. The van der Waals surface area contributed by atoms with E-state index in [0.29, 0.717) is 6.42 Å². The largest absolute Gasteiger partial charge is 0.481 e. The van der Waals surface area contributed by atoms with Crippen LogP contribution in [0.25, 0.3) is 0 Å². The molecule has 0 saturated carbocycles. The Hall–Kier alpha value is -0.910. The van der Waals surface area contributed by atoms with Crippen molar-refractivity contribution in [1.82, 2.24) is 0 Å². The molecule has 0 unspecified atom stereocenters. The van der Waals surface area contributed by atoms with Gasteiger partial charge in [-0.15, -0.1) is 0 Å². The van der Waals surface area contributed by atoms with E-state index in [1.54, 1.807) is 0 Å².